The molecule has 2 aliphatic heterocycles. The average Bonchev–Trinajstić information content (AvgIpc) is 2.57. The summed E-state index contributed by atoms with van der Waals surface area (Å²) >= 11 is 4.71. The molecule has 0 aromatic carbocycles. The zero-order valence-corrected chi connectivity index (χ0v) is 14.6. The second-order valence-electron chi connectivity index (χ2n) is 7.82. The van der Waals surface area contributed by atoms with Crippen LogP contribution >= 0.6 is 12.6 Å². The van der Waals surface area contributed by atoms with E-state index in [2.05, 4.69) is 9.80 Å². The van der Waals surface area contributed by atoms with Crippen LogP contribution in [0.3, 0.4) is 0 Å². The highest BCUT2D eigenvalue weighted by atomic mass is 32.1. The number of nitrogens with zero attached hydrogens (tertiary/aromatic N) is 2. The fourth-order valence-corrected chi connectivity index (χ4v) is 5.28. The Balaban J connectivity index is 1.46. The molecule has 3 aliphatic rings. The van der Waals surface area contributed by atoms with E-state index in [0.717, 1.165) is 11.8 Å². The minimum absolute atomic E-state index is 0.541. The van der Waals surface area contributed by atoms with E-state index in [4.69, 9.17) is 12.6 Å². The molecule has 2 heterocycles. The lowest BCUT2D eigenvalue weighted by Crippen LogP contribution is -2.49. The van der Waals surface area contributed by atoms with Crippen molar-refractivity contribution in [2.24, 2.45) is 5.41 Å². The van der Waals surface area contributed by atoms with Crippen molar-refractivity contribution in [2.75, 3.05) is 38.5 Å². The lowest BCUT2D eigenvalue weighted by atomic mass is 9.75. The number of likely N-dealkylation sites (tertiary alicyclic amines) is 2. The smallest absolute Gasteiger partial charge is 0.0120 e. The van der Waals surface area contributed by atoms with Crippen LogP contribution in [-0.2, 0) is 0 Å². The van der Waals surface area contributed by atoms with Gasteiger partial charge in [-0.25, -0.2) is 0 Å². The minimum atomic E-state index is 0.541. The van der Waals surface area contributed by atoms with Crippen molar-refractivity contribution in [1.29, 1.82) is 0 Å². The first kappa shape index (κ1) is 16.1. The monoisotopic (exact) mass is 310 g/mol. The molecule has 0 bridgehead atoms. The molecule has 3 rings (SSSR count). The lowest BCUT2D eigenvalue weighted by molar-refractivity contribution is 0.0609. The van der Waals surface area contributed by atoms with Gasteiger partial charge in [-0.3, -0.25) is 0 Å². The Kier molecular flexibility index (Phi) is 5.92. The topological polar surface area (TPSA) is 6.48 Å². The summed E-state index contributed by atoms with van der Waals surface area (Å²) in [5, 5.41) is 0. The van der Waals surface area contributed by atoms with Gasteiger partial charge in [0.15, 0.2) is 0 Å². The van der Waals surface area contributed by atoms with Gasteiger partial charge in [-0.2, -0.15) is 12.6 Å². The second-order valence-corrected chi connectivity index (χ2v) is 8.14. The predicted octanol–water partition coefficient (Wildman–Crippen LogP) is 3.82. The largest absolute Gasteiger partial charge is 0.303 e. The summed E-state index contributed by atoms with van der Waals surface area (Å²) in [6.45, 7) is 6.72. The Bertz CT molecular complexity index is 300. The van der Waals surface area contributed by atoms with Crippen LogP contribution in [0.1, 0.15) is 64.2 Å². The normalized spacial score (nSPS) is 29.6. The first-order valence-electron chi connectivity index (χ1n) is 9.39. The molecule has 2 nitrogen and oxygen atoms in total. The number of piperidine rings is 2. The molecule has 122 valence electrons. The van der Waals surface area contributed by atoms with E-state index < -0.39 is 0 Å². The molecule has 0 unspecified atom stereocenters. The fourth-order valence-electron chi connectivity index (χ4n) is 4.87. The van der Waals surface area contributed by atoms with Gasteiger partial charge in [0.1, 0.15) is 0 Å². The van der Waals surface area contributed by atoms with E-state index in [1.807, 2.05) is 0 Å². The molecular formula is C18H34N2S. The number of rotatable bonds is 4. The zero-order chi connectivity index (χ0) is 14.5. The van der Waals surface area contributed by atoms with Gasteiger partial charge in [-0.05, 0) is 75.9 Å². The van der Waals surface area contributed by atoms with Crippen LogP contribution in [0.15, 0.2) is 0 Å². The Morgan fingerprint density at radius 3 is 2.05 bits per heavy atom. The van der Waals surface area contributed by atoms with Gasteiger partial charge < -0.3 is 9.80 Å². The fraction of sp³-hybridized carbons (Fsp3) is 1.00. The summed E-state index contributed by atoms with van der Waals surface area (Å²) in [6, 6.07) is 0.889. The molecule has 0 N–H and O–H groups in total. The van der Waals surface area contributed by atoms with Crippen LogP contribution < -0.4 is 0 Å². The average molecular weight is 311 g/mol. The molecule has 0 radical (unpaired) electrons. The first-order valence-corrected chi connectivity index (χ1v) is 10.0. The van der Waals surface area contributed by atoms with Gasteiger partial charge in [0.05, 0.1) is 0 Å². The third-order valence-electron chi connectivity index (χ3n) is 6.27. The van der Waals surface area contributed by atoms with Gasteiger partial charge in [0, 0.05) is 12.6 Å². The molecule has 0 amide bonds. The Labute approximate surface area is 137 Å². The van der Waals surface area contributed by atoms with E-state index in [9.17, 15) is 0 Å². The second kappa shape index (κ2) is 7.70. The van der Waals surface area contributed by atoms with Crippen molar-refractivity contribution in [3.8, 4) is 0 Å². The molecule has 3 fully saturated rings. The van der Waals surface area contributed by atoms with Gasteiger partial charge in [-0.1, -0.05) is 25.7 Å². The highest BCUT2D eigenvalue weighted by molar-refractivity contribution is 7.80. The third kappa shape index (κ3) is 4.17. The van der Waals surface area contributed by atoms with E-state index in [0.29, 0.717) is 5.41 Å². The Morgan fingerprint density at radius 1 is 0.810 bits per heavy atom. The summed E-state index contributed by atoms with van der Waals surface area (Å²) in [4.78, 5) is 5.55. The lowest BCUT2D eigenvalue weighted by Gasteiger charge is -2.44. The number of hydrogen-bond acceptors (Lipinski definition) is 3. The Morgan fingerprint density at radius 2 is 1.43 bits per heavy atom. The van der Waals surface area contributed by atoms with Gasteiger partial charge in [0.2, 0.25) is 0 Å². The van der Waals surface area contributed by atoms with Crippen molar-refractivity contribution < 1.29 is 0 Å². The van der Waals surface area contributed by atoms with E-state index in [1.54, 1.807) is 0 Å². The number of hydrogen-bond donors (Lipinski definition) is 1. The molecular weight excluding hydrogens is 276 g/mol. The summed E-state index contributed by atoms with van der Waals surface area (Å²) in [7, 11) is 0. The van der Waals surface area contributed by atoms with Crippen molar-refractivity contribution in [2.45, 2.75) is 70.3 Å². The SMILES string of the molecule is SCC1(CN2CCC(N3CCCCC3)CC2)CCCCC1. The van der Waals surface area contributed by atoms with Gasteiger partial charge >= 0.3 is 0 Å². The highest BCUT2D eigenvalue weighted by Crippen LogP contribution is 2.38. The van der Waals surface area contributed by atoms with Crippen molar-refractivity contribution in [3.63, 3.8) is 0 Å². The molecule has 0 aromatic rings. The number of thiol groups is 1. The minimum Gasteiger partial charge on any atom is -0.303 e. The first-order chi connectivity index (χ1) is 10.3. The molecule has 2 saturated heterocycles. The highest BCUT2D eigenvalue weighted by Gasteiger charge is 2.34. The van der Waals surface area contributed by atoms with Crippen LogP contribution in [0.5, 0.6) is 0 Å². The van der Waals surface area contributed by atoms with Crippen molar-refractivity contribution in [1.82, 2.24) is 9.80 Å². The standard InChI is InChI=1S/C18H34N2S/c21-16-18(9-3-1-4-10-18)15-19-13-7-17(8-14-19)20-11-5-2-6-12-20/h17,21H,1-16H2. The van der Waals surface area contributed by atoms with Crippen LogP contribution in [0.2, 0.25) is 0 Å². The predicted molar refractivity (Wildman–Crippen MR) is 94.3 cm³/mol. The van der Waals surface area contributed by atoms with Crippen LogP contribution in [0, 0.1) is 5.41 Å². The summed E-state index contributed by atoms with van der Waals surface area (Å²) in [6.07, 6.45) is 14.3. The van der Waals surface area contributed by atoms with E-state index >= 15 is 0 Å². The zero-order valence-electron chi connectivity index (χ0n) is 13.7. The van der Waals surface area contributed by atoms with Crippen molar-refractivity contribution in [3.05, 3.63) is 0 Å². The molecule has 3 heteroatoms. The molecule has 1 saturated carbocycles. The third-order valence-corrected chi connectivity index (χ3v) is 6.94. The van der Waals surface area contributed by atoms with Gasteiger partial charge in [0.25, 0.3) is 0 Å². The molecule has 0 spiro atoms. The maximum atomic E-state index is 4.71. The summed E-state index contributed by atoms with van der Waals surface area (Å²) in [5.41, 5.74) is 0.541. The molecule has 1 aliphatic carbocycles. The quantitative estimate of drug-likeness (QED) is 0.789. The van der Waals surface area contributed by atoms with Crippen LogP contribution in [0.4, 0.5) is 0 Å². The summed E-state index contributed by atoms with van der Waals surface area (Å²) < 4.78 is 0. The molecule has 21 heavy (non-hydrogen) atoms. The molecule has 0 aromatic heterocycles. The molecule has 0 atom stereocenters. The van der Waals surface area contributed by atoms with Crippen LogP contribution in [0.25, 0.3) is 0 Å². The maximum absolute atomic E-state index is 4.71. The summed E-state index contributed by atoms with van der Waals surface area (Å²) in [5.74, 6) is 1.10. The van der Waals surface area contributed by atoms with Crippen molar-refractivity contribution >= 4 is 12.6 Å². The Hall–Kier alpha value is 0.270. The van der Waals surface area contributed by atoms with E-state index in [1.165, 1.54) is 96.9 Å². The van der Waals surface area contributed by atoms with Gasteiger partial charge in [-0.15, -0.1) is 0 Å². The van der Waals surface area contributed by atoms with E-state index in [-0.39, 0.29) is 0 Å². The van der Waals surface area contributed by atoms with Crippen LogP contribution in [-0.4, -0.2) is 54.3 Å². The maximum Gasteiger partial charge on any atom is 0.0120 e.